The highest BCUT2D eigenvalue weighted by Crippen LogP contribution is 2.36. The number of aromatic amines is 1. The fraction of sp³-hybridized carbons (Fsp3) is 0.0476. The van der Waals surface area contributed by atoms with E-state index in [1.165, 1.54) is 0 Å². The summed E-state index contributed by atoms with van der Waals surface area (Å²) in [5.74, 6) is 0.635. The van der Waals surface area contributed by atoms with Gasteiger partial charge in [0.2, 0.25) is 0 Å². The van der Waals surface area contributed by atoms with Crippen LogP contribution in [0, 0.1) is 5.41 Å². The molecule has 1 heterocycles. The molecule has 3 aromatic carbocycles. The van der Waals surface area contributed by atoms with Crippen LogP contribution in [0.25, 0.3) is 33.5 Å². The zero-order chi connectivity index (χ0) is 19.8. The van der Waals surface area contributed by atoms with Crippen LogP contribution in [0.4, 0.5) is 0 Å². The molecule has 0 aliphatic heterocycles. The minimum absolute atomic E-state index is 0.0295. The van der Waals surface area contributed by atoms with Gasteiger partial charge in [-0.25, -0.2) is 4.98 Å². The fourth-order valence-corrected chi connectivity index (χ4v) is 3.14. The highest BCUT2D eigenvalue weighted by Gasteiger charge is 2.14. The minimum Gasteiger partial charge on any atom is -0.507 e. The van der Waals surface area contributed by atoms with E-state index in [9.17, 15) is 10.2 Å². The Kier molecular flexibility index (Phi) is 4.21. The lowest BCUT2D eigenvalue weighted by Crippen LogP contribution is -2.10. The molecule has 0 radical (unpaired) electrons. The van der Waals surface area contributed by atoms with Crippen molar-refractivity contribution in [3.8, 4) is 34.0 Å². The molecular formula is C21H19N5O2. The lowest BCUT2D eigenvalue weighted by Gasteiger charge is -2.09. The minimum atomic E-state index is -0.0295. The number of phenolic OH excluding ortho intramolecular Hbond substituents is 2. The number of amidine groups is 1. The van der Waals surface area contributed by atoms with Gasteiger partial charge in [0.25, 0.3) is 0 Å². The number of rotatable bonds is 4. The topological polar surface area (TPSA) is 145 Å². The number of benzene rings is 3. The number of hydrogen-bond donors (Lipinski definition) is 6. The van der Waals surface area contributed by atoms with E-state index in [2.05, 4.69) is 9.97 Å². The van der Waals surface area contributed by atoms with Crippen LogP contribution in [0.15, 0.2) is 54.6 Å². The van der Waals surface area contributed by atoms with Crippen molar-refractivity contribution in [1.29, 1.82) is 5.41 Å². The quantitative estimate of drug-likeness (QED) is 0.240. The highest BCUT2D eigenvalue weighted by atomic mass is 16.3. The highest BCUT2D eigenvalue weighted by molar-refractivity contribution is 5.98. The maximum absolute atomic E-state index is 10.4. The Bertz CT molecular complexity index is 1210. The number of fused-ring (bicyclic) bond motifs is 1. The molecule has 0 amide bonds. The third kappa shape index (κ3) is 3.04. The average Bonchev–Trinajstić information content (AvgIpc) is 3.12. The van der Waals surface area contributed by atoms with Crippen LogP contribution >= 0.6 is 0 Å². The third-order valence-electron chi connectivity index (χ3n) is 4.65. The SMILES string of the molecule is N=C(N)c1ccc2nc(-c3cc(-c4cc(CN)ccc4O)ccc3O)[nH]c2c1. The Morgan fingerprint density at radius 3 is 2.46 bits per heavy atom. The van der Waals surface area contributed by atoms with Gasteiger partial charge in [-0.3, -0.25) is 5.41 Å². The fourth-order valence-electron chi connectivity index (χ4n) is 3.14. The number of aromatic nitrogens is 2. The molecule has 7 heteroatoms. The first kappa shape index (κ1) is 17.6. The zero-order valence-electron chi connectivity index (χ0n) is 14.9. The van der Waals surface area contributed by atoms with Gasteiger partial charge in [-0.15, -0.1) is 0 Å². The molecule has 0 bridgehead atoms. The summed E-state index contributed by atoms with van der Waals surface area (Å²) >= 11 is 0. The predicted molar refractivity (Wildman–Crippen MR) is 109 cm³/mol. The second-order valence-corrected chi connectivity index (χ2v) is 6.52. The first-order chi connectivity index (χ1) is 13.5. The third-order valence-corrected chi connectivity index (χ3v) is 4.65. The molecule has 4 aromatic rings. The van der Waals surface area contributed by atoms with Gasteiger partial charge in [-0.05, 0) is 53.6 Å². The van der Waals surface area contributed by atoms with Crippen molar-refractivity contribution < 1.29 is 10.2 Å². The first-order valence-electron chi connectivity index (χ1n) is 8.66. The number of hydrogen-bond acceptors (Lipinski definition) is 5. The van der Waals surface area contributed by atoms with Gasteiger partial charge in [0.05, 0.1) is 16.6 Å². The molecule has 4 rings (SSSR count). The standard InChI is InChI=1S/C21H19N5O2/c22-10-11-1-5-18(27)14(7-11)12-3-6-19(28)15(8-12)21-25-16-4-2-13(20(23)24)9-17(16)26-21/h1-9,27-28H,10,22H2,(H3,23,24)(H,25,26). The molecule has 0 fully saturated rings. The molecule has 0 aliphatic rings. The van der Waals surface area contributed by atoms with Gasteiger partial charge < -0.3 is 26.7 Å². The smallest absolute Gasteiger partial charge is 0.142 e. The number of nitrogens with zero attached hydrogens (tertiary/aromatic N) is 1. The summed E-state index contributed by atoms with van der Waals surface area (Å²) in [6.45, 7) is 0.361. The molecule has 8 N–H and O–H groups in total. The van der Waals surface area contributed by atoms with E-state index >= 15 is 0 Å². The molecule has 0 saturated heterocycles. The van der Waals surface area contributed by atoms with Crippen molar-refractivity contribution in [2.45, 2.75) is 6.54 Å². The monoisotopic (exact) mass is 373 g/mol. The van der Waals surface area contributed by atoms with Crippen LogP contribution in [-0.2, 0) is 6.54 Å². The summed E-state index contributed by atoms with van der Waals surface area (Å²) in [6, 6.07) is 15.5. The second-order valence-electron chi connectivity index (χ2n) is 6.52. The number of aromatic hydroxyl groups is 2. The molecule has 140 valence electrons. The summed E-state index contributed by atoms with van der Waals surface area (Å²) in [5.41, 5.74) is 16.0. The van der Waals surface area contributed by atoms with Crippen molar-refractivity contribution in [3.05, 3.63) is 65.7 Å². The zero-order valence-corrected chi connectivity index (χ0v) is 14.9. The molecular weight excluding hydrogens is 354 g/mol. The largest absolute Gasteiger partial charge is 0.507 e. The van der Waals surface area contributed by atoms with E-state index in [1.54, 1.807) is 48.5 Å². The summed E-state index contributed by atoms with van der Waals surface area (Å²) in [7, 11) is 0. The Hall–Kier alpha value is -3.84. The van der Waals surface area contributed by atoms with Crippen molar-refractivity contribution in [3.63, 3.8) is 0 Å². The van der Waals surface area contributed by atoms with Gasteiger partial charge in [0, 0.05) is 17.7 Å². The van der Waals surface area contributed by atoms with Gasteiger partial charge >= 0.3 is 0 Å². The average molecular weight is 373 g/mol. The van der Waals surface area contributed by atoms with Crippen LogP contribution in [0.1, 0.15) is 11.1 Å². The van der Waals surface area contributed by atoms with E-state index in [0.29, 0.717) is 40.1 Å². The van der Waals surface area contributed by atoms with Crippen molar-refractivity contribution in [2.75, 3.05) is 0 Å². The van der Waals surface area contributed by atoms with Gasteiger partial charge in [-0.1, -0.05) is 12.1 Å². The predicted octanol–water partition coefficient (Wildman–Crippen LogP) is 3.05. The first-order valence-corrected chi connectivity index (χ1v) is 8.66. The maximum atomic E-state index is 10.4. The molecule has 0 aliphatic carbocycles. The molecule has 28 heavy (non-hydrogen) atoms. The van der Waals surface area contributed by atoms with E-state index < -0.39 is 0 Å². The van der Waals surface area contributed by atoms with E-state index in [1.807, 2.05) is 6.07 Å². The van der Waals surface area contributed by atoms with Crippen LogP contribution in [0.3, 0.4) is 0 Å². The number of nitrogens with two attached hydrogens (primary N) is 2. The van der Waals surface area contributed by atoms with Crippen molar-refractivity contribution in [2.24, 2.45) is 11.5 Å². The summed E-state index contributed by atoms with van der Waals surface area (Å²) in [5, 5.41) is 28.2. The van der Waals surface area contributed by atoms with Crippen LogP contribution in [0.2, 0.25) is 0 Å². The molecule has 0 atom stereocenters. The lowest BCUT2D eigenvalue weighted by atomic mass is 9.99. The van der Waals surface area contributed by atoms with Crippen molar-refractivity contribution >= 4 is 16.9 Å². The molecule has 0 unspecified atom stereocenters. The number of H-pyrrole nitrogens is 1. The molecule has 7 nitrogen and oxygen atoms in total. The normalized spacial score (nSPS) is 11.0. The number of phenols is 2. The summed E-state index contributed by atoms with van der Waals surface area (Å²) < 4.78 is 0. The second kappa shape index (κ2) is 6.71. The van der Waals surface area contributed by atoms with Crippen LogP contribution in [-0.4, -0.2) is 26.0 Å². The number of imidazole rings is 1. The van der Waals surface area contributed by atoms with E-state index in [0.717, 1.165) is 11.1 Å². The van der Waals surface area contributed by atoms with Gasteiger partial charge in [0.1, 0.15) is 23.2 Å². The van der Waals surface area contributed by atoms with Crippen molar-refractivity contribution in [1.82, 2.24) is 9.97 Å². The Balaban J connectivity index is 1.84. The number of nitrogens with one attached hydrogen (secondary N) is 2. The van der Waals surface area contributed by atoms with E-state index in [4.69, 9.17) is 16.9 Å². The number of nitrogen functional groups attached to an aromatic ring is 1. The van der Waals surface area contributed by atoms with Crippen LogP contribution in [0.5, 0.6) is 11.5 Å². The molecule has 0 spiro atoms. The summed E-state index contributed by atoms with van der Waals surface area (Å²) in [4.78, 5) is 7.68. The Labute approximate surface area is 160 Å². The molecule has 1 aromatic heterocycles. The Morgan fingerprint density at radius 1 is 0.964 bits per heavy atom. The maximum Gasteiger partial charge on any atom is 0.142 e. The van der Waals surface area contributed by atoms with E-state index in [-0.39, 0.29) is 17.3 Å². The Morgan fingerprint density at radius 2 is 1.71 bits per heavy atom. The molecule has 0 saturated carbocycles. The van der Waals surface area contributed by atoms with Gasteiger partial charge in [-0.2, -0.15) is 0 Å². The summed E-state index contributed by atoms with van der Waals surface area (Å²) in [6.07, 6.45) is 0. The van der Waals surface area contributed by atoms with Crippen LogP contribution < -0.4 is 11.5 Å². The lowest BCUT2D eigenvalue weighted by molar-refractivity contribution is 0.475. The van der Waals surface area contributed by atoms with Gasteiger partial charge in [0.15, 0.2) is 0 Å².